The lowest BCUT2D eigenvalue weighted by Gasteiger charge is -2.12. The Morgan fingerprint density at radius 1 is 0.565 bits per heavy atom. The second-order valence-corrected chi connectivity index (χ2v) is 11.3. The molecule has 2 nitrogen and oxygen atoms in total. The number of rotatable bonds is 7. The third-order valence-electron chi connectivity index (χ3n) is 8.41. The maximum Gasteiger partial charge on any atom is 0.0671 e. The van der Waals surface area contributed by atoms with Gasteiger partial charge in [-0.25, -0.2) is 0 Å². The van der Waals surface area contributed by atoms with Crippen LogP contribution in [0.3, 0.4) is 0 Å². The molecule has 6 aromatic carbocycles. The number of aromatic nitrogens is 1. The lowest BCUT2D eigenvalue weighted by atomic mass is 9.97. The summed E-state index contributed by atoms with van der Waals surface area (Å²) in [5.41, 5.74) is 11.4. The van der Waals surface area contributed by atoms with Crippen molar-refractivity contribution in [1.82, 2.24) is 4.57 Å². The summed E-state index contributed by atoms with van der Waals surface area (Å²) in [5, 5.41) is 2.45. The van der Waals surface area contributed by atoms with E-state index in [-0.39, 0.29) is 5.92 Å². The molecule has 0 bridgehead atoms. The van der Waals surface area contributed by atoms with E-state index in [1.54, 1.807) is 0 Å². The van der Waals surface area contributed by atoms with Gasteiger partial charge in [0.15, 0.2) is 0 Å². The van der Waals surface area contributed by atoms with Gasteiger partial charge in [0.1, 0.15) is 0 Å². The van der Waals surface area contributed by atoms with E-state index in [9.17, 15) is 0 Å². The number of hydrogen-bond donors (Lipinski definition) is 0. The molecule has 0 N–H and O–H groups in total. The highest BCUT2D eigenvalue weighted by atomic mass is 15.0. The summed E-state index contributed by atoms with van der Waals surface area (Å²) in [6.07, 6.45) is 2.30. The van der Waals surface area contributed by atoms with E-state index in [2.05, 4.69) is 176 Å². The highest BCUT2D eigenvalue weighted by Crippen LogP contribution is 2.35. The highest BCUT2D eigenvalue weighted by Gasteiger charge is 2.15. The van der Waals surface area contributed by atoms with E-state index in [0.717, 1.165) is 28.2 Å². The van der Waals surface area contributed by atoms with Crippen LogP contribution in [0.4, 0.5) is 0 Å². The van der Waals surface area contributed by atoms with E-state index >= 15 is 0 Å². The molecule has 0 fully saturated rings. The molecule has 0 saturated heterocycles. The van der Waals surface area contributed by atoms with Gasteiger partial charge in [-0.2, -0.15) is 0 Å². The van der Waals surface area contributed by atoms with E-state index in [4.69, 9.17) is 4.99 Å². The SMILES string of the molecule is CC.CC(=N/C(=C\C(C)c1ccccc1)c1ccc2c(c1)c1ccccc1n2-c1ccc(-c2ccccc2)cc1)c1ccccc1. The van der Waals surface area contributed by atoms with Crippen molar-refractivity contribution in [2.75, 3.05) is 0 Å². The Labute approximate surface area is 273 Å². The number of benzene rings is 6. The summed E-state index contributed by atoms with van der Waals surface area (Å²) in [4.78, 5) is 5.24. The molecule has 1 aromatic heterocycles. The van der Waals surface area contributed by atoms with Crippen molar-refractivity contribution < 1.29 is 0 Å². The second-order valence-electron chi connectivity index (χ2n) is 11.3. The van der Waals surface area contributed by atoms with Crippen molar-refractivity contribution in [2.45, 2.75) is 33.6 Å². The van der Waals surface area contributed by atoms with Gasteiger partial charge < -0.3 is 4.57 Å². The van der Waals surface area contributed by atoms with Crippen molar-refractivity contribution in [3.8, 4) is 16.8 Å². The molecule has 0 radical (unpaired) electrons. The Hall–Kier alpha value is -5.47. The second kappa shape index (κ2) is 14.1. The van der Waals surface area contributed by atoms with Gasteiger partial charge >= 0.3 is 0 Å². The average Bonchev–Trinajstić information content (AvgIpc) is 3.47. The van der Waals surface area contributed by atoms with Gasteiger partial charge in [0.05, 0.1) is 16.7 Å². The van der Waals surface area contributed by atoms with Gasteiger partial charge in [-0.05, 0) is 59.5 Å². The molecule has 7 aromatic rings. The van der Waals surface area contributed by atoms with Gasteiger partial charge in [-0.1, -0.05) is 154 Å². The van der Waals surface area contributed by atoms with Crippen molar-refractivity contribution in [3.05, 3.63) is 180 Å². The Balaban J connectivity index is 0.00000182. The van der Waals surface area contributed by atoms with E-state index in [1.807, 2.05) is 19.9 Å². The van der Waals surface area contributed by atoms with Crippen LogP contribution in [0.5, 0.6) is 0 Å². The predicted octanol–water partition coefficient (Wildman–Crippen LogP) is 12.1. The molecule has 226 valence electrons. The van der Waals surface area contributed by atoms with Crippen LogP contribution in [-0.4, -0.2) is 10.3 Å². The van der Waals surface area contributed by atoms with Gasteiger partial charge in [0.25, 0.3) is 0 Å². The highest BCUT2D eigenvalue weighted by molar-refractivity contribution is 6.10. The number of hydrogen-bond acceptors (Lipinski definition) is 1. The van der Waals surface area contributed by atoms with Crippen molar-refractivity contribution in [1.29, 1.82) is 0 Å². The summed E-state index contributed by atoms with van der Waals surface area (Å²) in [6, 6.07) is 56.0. The standard InChI is InChI=1S/C42H34N2.C2H6/c1-30(32-14-6-3-7-15-32)28-40(43-31(2)33-16-8-4-9-17-33)36-24-27-42-39(29-36)38-20-12-13-21-41(38)44(42)37-25-22-35(23-26-37)34-18-10-5-11-19-34;1-2/h3-30H,1-2H3;1-2H3/b40-28-,43-31?;. The molecule has 2 heteroatoms. The largest absolute Gasteiger partial charge is 0.309 e. The summed E-state index contributed by atoms with van der Waals surface area (Å²) in [7, 11) is 0. The fraction of sp³-hybridized carbons (Fsp3) is 0.114. The molecule has 0 aliphatic rings. The minimum absolute atomic E-state index is 0.207. The van der Waals surface area contributed by atoms with Crippen LogP contribution < -0.4 is 0 Å². The fourth-order valence-electron chi connectivity index (χ4n) is 6.06. The minimum atomic E-state index is 0.207. The molecule has 1 atom stereocenters. The first-order chi connectivity index (χ1) is 22.7. The van der Waals surface area contributed by atoms with Crippen LogP contribution in [0.25, 0.3) is 44.3 Å². The van der Waals surface area contributed by atoms with Gasteiger partial charge in [-0.3, -0.25) is 4.99 Å². The van der Waals surface area contributed by atoms with Crippen LogP contribution >= 0.6 is 0 Å². The van der Waals surface area contributed by atoms with Crippen LogP contribution in [0.1, 0.15) is 50.3 Å². The fourth-order valence-corrected chi connectivity index (χ4v) is 6.06. The van der Waals surface area contributed by atoms with E-state index in [0.29, 0.717) is 0 Å². The Morgan fingerprint density at radius 3 is 1.83 bits per heavy atom. The number of aliphatic imine (C=N–C) groups is 1. The molecular weight excluding hydrogens is 556 g/mol. The van der Waals surface area contributed by atoms with Crippen molar-refractivity contribution in [3.63, 3.8) is 0 Å². The first-order valence-corrected chi connectivity index (χ1v) is 16.2. The monoisotopic (exact) mass is 596 g/mol. The maximum absolute atomic E-state index is 5.24. The molecule has 1 heterocycles. The first-order valence-electron chi connectivity index (χ1n) is 16.2. The topological polar surface area (TPSA) is 17.3 Å². The lowest BCUT2D eigenvalue weighted by Crippen LogP contribution is -1.97. The number of fused-ring (bicyclic) bond motifs is 3. The van der Waals surface area contributed by atoms with Crippen LogP contribution in [0, 0.1) is 0 Å². The number of para-hydroxylation sites is 1. The van der Waals surface area contributed by atoms with Crippen LogP contribution in [0.15, 0.2) is 169 Å². The maximum atomic E-state index is 5.24. The summed E-state index contributed by atoms with van der Waals surface area (Å²) >= 11 is 0. The summed E-state index contributed by atoms with van der Waals surface area (Å²) in [6.45, 7) is 8.34. The zero-order valence-corrected chi connectivity index (χ0v) is 27.1. The van der Waals surface area contributed by atoms with Crippen molar-refractivity contribution in [2.24, 2.45) is 4.99 Å². The van der Waals surface area contributed by atoms with Crippen LogP contribution in [0.2, 0.25) is 0 Å². The molecule has 1 unspecified atom stereocenters. The van der Waals surface area contributed by atoms with Crippen molar-refractivity contribution >= 4 is 33.2 Å². The Morgan fingerprint density at radius 2 is 1.13 bits per heavy atom. The van der Waals surface area contributed by atoms with Crippen LogP contribution in [-0.2, 0) is 0 Å². The third-order valence-corrected chi connectivity index (χ3v) is 8.41. The van der Waals surface area contributed by atoms with E-state index < -0.39 is 0 Å². The Kier molecular flexibility index (Phi) is 9.36. The lowest BCUT2D eigenvalue weighted by molar-refractivity contribution is 0.967. The molecule has 0 saturated carbocycles. The smallest absolute Gasteiger partial charge is 0.0671 e. The molecule has 46 heavy (non-hydrogen) atoms. The van der Waals surface area contributed by atoms with Gasteiger partial charge in [0, 0.05) is 33.7 Å². The molecular formula is C44H40N2. The predicted molar refractivity (Wildman–Crippen MR) is 199 cm³/mol. The Bertz CT molecular complexity index is 2100. The third kappa shape index (κ3) is 6.34. The molecule has 0 amide bonds. The van der Waals surface area contributed by atoms with Gasteiger partial charge in [-0.15, -0.1) is 0 Å². The molecule has 0 spiro atoms. The minimum Gasteiger partial charge on any atom is -0.309 e. The zero-order chi connectivity index (χ0) is 31.9. The molecule has 7 rings (SSSR count). The first kappa shape index (κ1) is 30.6. The number of allylic oxidation sites excluding steroid dienone is 1. The molecule has 0 aliphatic heterocycles. The average molecular weight is 597 g/mol. The summed E-state index contributed by atoms with van der Waals surface area (Å²) in [5.74, 6) is 0.207. The summed E-state index contributed by atoms with van der Waals surface area (Å²) < 4.78 is 2.37. The number of nitrogens with zero attached hydrogens (tertiary/aromatic N) is 2. The zero-order valence-electron chi connectivity index (χ0n) is 27.1. The molecule has 0 aliphatic carbocycles. The van der Waals surface area contributed by atoms with E-state index in [1.165, 1.54) is 38.5 Å². The quantitative estimate of drug-likeness (QED) is 0.163. The normalized spacial score (nSPS) is 12.5. The van der Waals surface area contributed by atoms with Gasteiger partial charge in [0.2, 0.25) is 0 Å².